The van der Waals surface area contributed by atoms with Gasteiger partial charge in [0.1, 0.15) is 6.29 Å². The highest BCUT2D eigenvalue weighted by Gasteiger charge is 1.79. The second kappa shape index (κ2) is 1.94. The molecule has 0 atom stereocenters. The molecule has 0 aromatic carbocycles. The number of rotatable bonds is 1. The molecule has 0 amide bonds. The summed E-state index contributed by atoms with van der Waals surface area (Å²) in [6, 6.07) is 0. The molecule has 1 heteroatoms. The fourth-order valence-electron chi connectivity index (χ4n) is 0. The third-order valence-corrected chi connectivity index (χ3v) is 0.118. The van der Waals surface area contributed by atoms with Crippen LogP contribution in [0.5, 0.6) is 0 Å². The first-order valence-electron chi connectivity index (χ1n) is 4.52. The smallest absolute Gasteiger partial charge is 0.122 e. The third kappa shape index (κ3) is 3.67. The lowest BCUT2D eigenvalue weighted by Gasteiger charge is -1.78. The lowest BCUT2D eigenvalue weighted by molar-refractivity contribution is -0.110. The van der Waals surface area contributed by atoms with Crippen molar-refractivity contribution in [1.29, 1.82) is 0 Å². The molecule has 0 heterocycles. The minimum Gasteiger partial charge on any atom is -0.303 e. The quantitative estimate of drug-likeness (QED) is 0.426. The minimum atomic E-state index is -3.12. The molecule has 0 radical (unpaired) electrons. The highest BCUT2D eigenvalue weighted by molar-refractivity contribution is 5.51. The van der Waals surface area contributed by atoms with Gasteiger partial charge in [0.05, 0.1) is 0 Å². The maximum Gasteiger partial charge on any atom is 0.122 e. The van der Waals surface area contributed by atoms with Gasteiger partial charge in [0, 0.05) is 15.5 Å². The molecule has 0 spiro atoms. The van der Waals surface area contributed by atoms with Gasteiger partial charge >= 0.3 is 0 Å². The summed E-state index contributed by atoms with van der Waals surface area (Å²) in [5.74, 6) is -3.01. The number of carbonyl (C=O) groups is 1. The Hall–Kier alpha value is -0.330. The second-order valence-corrected chi connectivity index (χ2v) is 0.532. The molecule has 0 fully saturated rings. The molecule has 5 heavy (non-hydrogen) atoms. The summed E-state index contributed by atoms with van der Waals surface area (Å²) in [6.07, 6.45) is -0.354. The molecule has 0 aliphatic heterocycles. The summed E-state index contributed by atoms with van der Waals surface area (Å²) in [7, 11) is 0. The Kier molecular flexibility index (Phi) is 0.215. The summed E-state index contributed by atoms with van der Waals surface area (Å²) < 4.78 is 47.2. The van der Waals surface area contributed by atoms with Crippen molar-refractivity contribution in [2.75, 3.05) is 0 Å². The van der Waals surface area contributed by atoms with Crippen molar-refractivity contribution in [3.63, 3.8) is 0 Å². The van der Waals surface area contributed by atoms with E-state index in [0.29, 0.717) is 0 Å². The molecule has 0 saturated heterocycles. The minimum absolute atomic E-state index is 0.354. The van der Waals surface area contributed by atoms with Crippen molar-refractivity contribution in [2.45, 2.75) is 13.7 Å². The van der Waals surface area contributed by atoms with Gasteiger partial charge in [-0.15, -0.1) is 0 Å². The SMILES string of the molecule is [2H]C([2H])([2H])C([2H])(C=O)C([2H])([2H])[2H]. The molecule has 0 rings (SSSR count). The Balaban J connectivity index is 5.09. The summed E-state index contributed by atoms with van der Waals surface area (Å²) in [5, 5.41) is 0. The summed E-state index contributed by atoms with van der Waals surface area (Å²) in [6.45, 7) is -6.25. The first-order chi connectivity index (χ1) is 5.06. The fourth-order valence-corrected chi connectivity index (χ4v) is 0. The molecule has 1 nitrogen and oxygen atoms in total. The van der Waals surface area contributed by atoms with Crippen LogP contribution in [0.1, 0.15) is 23.3 Å². The lowest BCUT2D eigenvalue weighted by atomic mass is 10.3. The predicted molar refractivity (Wildman–Crippen MR) is 20.9 cm³/mol. The maximum absolute atomic E-state index is 10.2. The number of aldehydes is 1. The highest BCUT2D eigenvalue weighted by atomic mass is 16.1. The van der Waals surface area contributed by atoms with Crippen LogP contribution in [0, 0.1) is 5.89 Å². The Labute approximate surface area is 41.8 Å². The van der Waals surface area contributed by atoms with Crippen LogP contribution in [0.15, 0.2) is 0 Å². The van der Waals surface area contributed by atoms with Crippen LogP contribution in [0.25, 0.3) is 0 Å². The predicted octanol–water partition coefficient (Wildman–Crippen LogP) is 0.841. The van der Waals surface area contributed by atoms with Crippen molar-refractivity contribution in [3.05, 3.63) is 0 Å². The van der Waals surface area contributed by atoms with Gasteiger partial charge < -0.3 is 4.79 Å². The summed E-state index contributed by atoms with van der Waals surface area (Å²) >= 11 is 0. The number of hydrogen-bond acceptors (Lipinski definition) is 1. The van der Waals surface area contributed by atoms with E-state index in [9.17, 15) is 4.79 Å². The molecule has 0 unspecified atom stereocenters. The van der Waals surface area contributed by atoms with Gasteiger partial charge in [-0.1, -0.05) is 13.7 Å². The number of carbonyl (C=O) groups excluding carboxylic acids is 1. The third-order valence-electron chi connectivity index (χ3n) is 0.118. The molecule has 0 aliphatic carbocycles. The van der Waals surface area contributed by atoms with E-state index in [-0.39, 0.29) is 6.29 Å². The monoisotopic (exact) mass is 79.1 g/mol. The van der Waals surface area contributed by atoms with Crippen LogP contribution < -0.4 is 0 Å². The zero-order chi connectivity index (χ0) is 10.2. The Morgan fingerprint density at radius 1 is 2.20 bits per heavy atom. The van der Waals surface area contributed by atoms with Crippen LogP contribution in [-0.4, -0.2) is 6.29 Å². The fraction of sp³-hybridized carbons (Fsp3) is 0.750. The van der Waals surface area contributed by atoms with E-state index in [4.69, 9.17) is 9.60 Å². The van der Waals surface area contributed by atoms with Crippen molar-refractivity contribution in [2.24, 2.45) is 5.89 Å². The summed E-state index contributed by atoms with van der Waals surface area (Å²) in [4.78, 5) is 10.2. The van der Waals surface area contributed by atoms with Gasteiger partial charge in [-0.05, 0) is 0 Å². The molecule has 0 N–H and O–H groups in total. The Morgan fingerprint density at radius 2 is 2.80 bits per heavy atom. The van der Waals surface area contributed by atoms with Crippen LogP contribution in [0.4, 0.5) is 0 Å². The van der Waals surface area contributed by atoms with Crippen LogP contribution >= 0.6 is 0 Å². The van der Waals surface area contributed by atoms with E-state index in [1.165, 1.54) is 0 Å². The van der Waals surface area contributed by atoms with Gasteiger partial charge in [0.15, 0.2) is 0 Å². The first kappa shape index (κ1) is 0.552. The Bertz CT molecular complexity index is 163. The summed E-state index contributed by atoms with van der Waals surface area (Å²) in [5.41, 5.74) is 0. The molecule has 0 aromatic rings. The molecule has 0 saturated carbocycles. The maximum atomic E-state index is 10.2. The molecule has 0 bridgehead atoms. The van der Waals surface area contributed by atoms with Gasteiger partial charge in [-0.3, -0.25) is 0 Å². The van der Waals surface area contributed by atoms with E-state index >= 15 is 0 Å². The zero-order valence-corrected chi connectivity index (χ0v) is 2.49. The van der Waals surface area contributed by atoms with Crippen molar-refractivity contribution in [1.82, 2.24) is 0 Å². The zero-order valence-electron chi connectivity index (χ0n) is 9.49. The van der Waals surface area contributed by atoms with E-state index in [1.807, 2.05) is 0 Å². The second-order valence-electron chi connectivity index (χ2n) is 0.532. The van der Waals surface area contributed by atoms with E-state index in [1.54, 1.807) is 0 Å². The highest BCUT2D eigenvalue weighted by Crippen LogP contribution is 1.78. The Morgan fingerprint density at radius 3 is 2.80 bits per heavy atom. The largest absolute Gasteiger partial charge is 0.303 e. The van der Waals surface area contributed by atoms with Crippen molar-refractivity contribution in [3.8, 4) is 0 Å². The van der Waals surface area contributed by atoms with Gasteiger partial charge in [0.2, 0.25) is 0 Å². The van der Waals surface area contributed by atoms with Crippen LogP contribution in [-0.2, 0) is 4.79 Å². The van der Waals surface area contributed by atoms with Gasteiger partial charge in [-0.25, -0.2) is 0 Å². The van der Waals surface area contributed by atoms with Gasteiger partial charge in [0.25, 0.3) is 0 Å². The average molecular weight is 79.1 g/mol. The molecule has 0 aliphatic rings. The molecular weight excluding hydrogens is 64.0 g/mol. The first-order valence-corrected chi connectivity index (χ1v) is 1.02. The van der Waals surface area contributed by atoms with Crippen LogP contribution in [0.2, 0.25) is 0 Å². The van der Waals surface area contributed by atoms with Crippen LogP contribution in [0.3, 0.4) is 0 Å². The molecule has 0 aromatic heterocycles. The lowest BCUT2D eigenvalue weighted by Crippen LogP contribution is -1.82. The van der Waals surface area contributed by atoms with E-state index < -0.39 is 19.6 Å². The normalized spacial score (nSPS) is 36.4. The average Bonchev–Trinajstić information content (AvgIpc) is 1.81. The van der Waals surface area contributed by atoms with Crippen molar-refractivity contribution < 1.29 is 14.4 Å². The van der Waals surface area contributed by atoms with Gasteiger partial charge in [-0.2, -0.15) is 0 Å². The molecule has 30 valence electrons. The number of hydrogen-bond donors (Lipinski definition) is 0. The van der Waals surface area contributed by atoms with Crippen molar-refractivity contribution >= 4 is 6.29 Å². The topological polar surface area (TPSA) is 17.1 Å². The molecular formula is C4H8O. The van der Waals surface area contributed by atoms with E-state index in [0.717, 1.165) is 0 Å². The van der Waals surface area contributed by atoms with E-state index in [2.05, 4.69) is 0 Å². The standard InChI is InChI=1S/C4H8O/c1-4(2)3-5/h3-4H,1-2H3/i1D3,2D3,4D.